The molecule has 22 heavy (non-hydrogen) atoms. The second kappa shape index (κ2) is 9.74. The summed E-state index contributed by atoms with van der Waals surface area (Å²) in [6.45, 7) is 0. The third kappa shape index (κ3) is 5.56. The van der Waals surface area contributed by atoms with E-state index in [1.54, 1.807) is 0 Å². The van der Waals surface area contributed by atoms with Crippen LogP contribution in [0.1, 0.15) is 32.1 Å². The van der Waals surface area contributed by atoms with Crippen molar-refractivity contribution in [3.8, 4) is 5.69 Å². The van der Waals surface area contributed by atoms with Crippen LogP contribution in [0.5, 0.6) is 0 Å². The number of rotatable bonds is 2. The van der Waals surface area contributed by atoms with Gasteiger partial charge in [-0.05, 0) is 12.8 Å². The molecule has 0 radical (unpaired) electrons. The molecule has 1 saturated carbocycles. The predicted molar refractivity (Wildman–Crippen MR) is 105 cm³/mol. The number of imidazole rings is 1. The largest absolute Gasteiger partial charge is 0.185 e. The topological polar surface area (TPSA) is 13.1 Å². The van der Waals surface area contributed by atoms with Crippen LogP contribution in [0.25, 0.3) is 5.69 Å². The van der Waals surface area contributed by atoms with Crippen LogP contribution in [0.2, 0.25) is 0 Å². The van der Waals surface area contributed by atoms with Gasteiger partial charge in [-0.25, -0.2) is 0 Å². The second-order valence-electron chi connectivity index (χ2n) is 5.41. The number of para-hydroxylation sites is 1. The molecule has 0 bridgehead atoms. The van der Waals surface area contributed by atoms with Crippen LogP contribution in [0.4, 0.5) is 0 Å². The molecular weight excluding hydrogens is 683 g/mol. The van der Waals surface area contributed by atoms with Gasteiger partial charge in [-0.15, -0.1) is 0 Å². The van der Waals surface area contributed by atoms with Gasteiger partial charge in [-0.2, -0.15) is 1.33 Å². The Hall–Kier alpha value is 0.538. The molecule has 1 heterocycles. The van der Waals surface area contributed by atoms with Crippen molar-refractivity contribution in [1.29, 1.82) is 0 Å². The molecule has 0 spiro atoms. The van der Waals surface area contributed by atoms with Crippen molar-refractivity contribution in [2.75, 3.05) is 0 Å². The molecule has 3 rings (SSSR count). The van der Waals surface area contributed by atoms with Crippen LogP contribution < -0.4 is 0 Å². The summed E-state index contributed by atoms with van der Waals surface area (Å²) in [7, 11) is 2.04. The first-order valence-electron chi connectivity index (χ1n) is 7.45. The summed E-state index contributed by atoms with van der Waals surface area (Å²) in [5.74, 6) is 0. The summed E-state index contributed by atoms with van der Waals surface area (Å²) in [5.41, 5.74) is 1.20. The molecule has 3 nitrogen and oxygen atoms in total. The quantitative estimate of drug-likeness (QED) is 0.309. The maximum absolute atomic E-state index is 2.38. The molecule has 2 aromatic rings. The van der Waals surface area contributed by atoms with Gasteiger partial charge in [0.15, 0.2) is 0 Å². The molecule has 0 unspecified atom stereocenters. The van der Waals surface area contributed by atoms with Crippen LogP contribution in [-0.4, -0.2) is 16.5 Å². The van der Waals surface area contributed by atoms with Gasteiger partial charge in [0, 0.05) is 51.8 Å². The maximum atomic E-state index is 2.38. The standard InChI is InChI=1S/C10H10N2.C6H11I2N.Pt/c1-11-7-8-12(9-11)10-5-3-2-4-6-10;7-9(8)6-4-2-1-3-5-6;/h2-8H,1H3;6H,1-5H2;. The smallest absolute Gasteiger partial charge is 0.0311 e. The summed E-state index contributed by atoms with van der Waals surface area (Å²) in [4.78, 5) is 0. The van der Waals surface area contributed by atoms with Gasteiger partial charge >= 0.3 is 87.8 Å². The Kier molecular flexibility index (Phi) is 8.36. The van der Waals surface area contributed by atoms with E-state index in [0.29, 0.717) is 0 Å². The number of benzene rings is 1. The van der Waals surface area contributed by atoms with Crippen molar-refractivity contribution >= 4 is 45.7 Å². The molecule has 1 aliphatic rings. The number of aryl methyl sites for hydroxylation is 1. The van der Waals surface area contributed by atoms with Gasteiger partial charge in [0.2, 0.25) is 0 Å². The van der Waals surface area contributed by atoms with Gasteiger partial charge in [-0.3, -0.25) is 0 Å². The molecule has 1 fully saturated rings. The van der Waals surface area contributed by atoms with E-state index < -0.39 is 0 Å². The van der Waals surface area contributed by atoms with E-state index in [0.717, 1.165) is 6.04 Å². The second-order valence-corrected chi connectivity index (χ2v) is 10.3. The minimum Gasteiger partial charge on any atom is -0.185 e. The Morgan fingerprint density at radius 3 is 2.14 bits per heavy atom. The van der Waals surface area contributed by atoms with Crippen molar-refractivity contribution in [1.82, 2.24) is 10.5 Å². The third-order valence-corrected chi connectivity index (χ3v) is 6.70. The number of aromatic nitrogens is 2. The number of hydrogen-bond donors (Lipinski definition) is 0. The fourth-order valence-corrected chi connectivity index (χ4v) is 4.25. The van der Waals surface area contributed by atoms with Crippen LogP contribution >= 0.6 is 45.7 Å². The predicted octanol–water partition coefficient (Wildman–Crippen LogP) is 5.22. The molecule has 1 aliphatic carbocycles. The van der Waals surface area contributed by atoms with Gasteiger partial charge < -0.3 is 0 Å². The number of halogens is 2. The average molecular weight is 704 g/mol. The van der Waals surface area contributed by atoms with Gasteiger partial charge in [0.1, 0.15) is 0 Å². The molecule has 0 amide bonds. The average Bonchev–Trinajstić information content (AvgIpc) is 2.89. The van der Waals surface area contributed by atoms with Crippen LogP contribution in [0.15, 0.2) is 42.7 Å². The summed E-state index contributed by atoms with van der Waals surface area (Å²) in [6.07, 6.45) is 11.3. The van der Waals surface area contributed by atoms with Gasteiger partial charge in [-0.1, -0.05) is 19.3 Å². The molecule has 0 N–H and O–H groups in total. The molecule has 124 valence electrons. The van der Waals surface area contributed by atoms with E-state index in [-0.39, 0.29) is 0 Å². The zero-order valence-corrected chi connectivity index (χ0v) is 19.2. The van der Waals surface area contributed by atoms with Gasteiger partial charge in [0.05, 0.1) is 0 Å². The molecule has 6 heteroatoms. The zero-order valence-electron chi connectivity index (χ0n) is 12.6. The normalized spacial score (nSPS) is 15.5. The Morgan fingerprint density at radius 1 is 1.05 bits per heavy atom. The number of hydrogen-bond acceptors (Lipinski definition) is 1. The van der Waals surface area contributed by atoms with E-state index in [1.807, 2.05) is 25.2 Å². The molecule has 1 aromatic heterocycles. The Bertz CT molecular complexity index is 616. The first kappa shape index (κ1) is 18.9. The Labute approximate surface area is 171 Å². The van der Waals surface area contributed by atoms with Crippen molar-refractivity contribution in [3.05, 3.63) is 46.5 Å². The van der Waals surface area contributed by atoms with Crippen LogP contribution in [0.3, 0.4) is 0 Å². The fourth-order valence-electron chi connectivity index (χ4n) is 2.50. The van der Waals surface area contributed by atoms with Crippen LogP contribution in [-0.2, 0) is 26.4 Å². The van der Waals surface area contributed by atoms with E-state index in [9.17, 15) is 0 Å². The third-order valence-electron chi connectivity index (χ3n) is 3.78. The zero-order chi connectivity index (χ0) is 15.9. The minimum absolute atomic E-state index is 0.861. The van der Waals surface area contributed by atoms with Gasteiger partial charge in [0.25, 0.3) is 0 Å². The van der Waals surface area contributed by atoms with Crippen molar-refractivity contribution < 1.29 is 19.4 Å². The molecule has 0 atom stereocenters. The van der Waals surface area contributed by atoms with E-state index in [4.69, 9.17) is 0 Å². The summed E-state index contributed by atoms with van der Waals surface area (Å²) in [5, 5.41) is 0. The molecule has 0 saturated heterocycles. The summed E-state index contributed by atoms with van der Waals surface area (Å²) < 4.78 is 7.75. The monoisotopic (exact) mass is 704 g/mol. The van der Waals surface area contributed by atoms with E-state index in [1.165, 1.54) is 41.6 Å². The van der Waals surface area contributed by atoms with Crippen molar-refractivity contribution in [3.63, 3.8) is 0 Å². The van der Waals surface area contributed by atoms with Crippen LogP contribution in [0, 0.1) is 3.80 Å². The Morgan fingerprint density at radius 2 is 1.68 bits per heavy atom. The van der Waals surface area contributed by atoms with E-state index in [2.05, 4.69) is 100 Å². The fraction of sp³-hybridized carbons (Fsp3) is 0.438. The molecule has 0 aliphatic heterocycles. The summed E-state index contributed by atoms with van der Waals surface area (Å²) in [6, 6.07) is 11.2. The number of nitrogens with zero attached hydrogens (tertiary/aromatic N) is 3. The SMILES string of the molecule is Cn1ccn(-c2ccccc2)[c]1=[Pt].IN(I)C1CCCCC1. The first-order chi connectivity index (χ1) is 10.6. The first-order valence-corrected chi connectivity index (χ1v) is 10.5. The Balaban J connectivity index is 0.000000172. The maximum Gasteiger partial charge on any atom is 0.0311 e. The minimum atomic E-state index is 0.861. The molecule has 1 aromatic carbocycles. The van der Waals surface area contributed by atoms with Crippen molar-refractivity contribution in [2.24, 2.45) is 7.05 Å². The molecular formula is C16H21I2N3Pt. The van der Waals surface area contributed by atoms with E-state index >= 15 is 0 Å². The van der Waals surface area contributed by atoms with Crippen molar-refractivity contribution in [2.45, 2.75) is 38.1 Å². The summed E-state index contributed by atoms with van der Waals surface area (Å²) >= 11 is 7.08.